The van der Waals surface area contributed by atoms with Gasteiger partial charge in [0.2, 0.25) is 0 Å². The second-order valence-electron chi connectivity index (χ2n) is 2.69. The van der Waals surface area contributed by atoms with E-state index in [1.165, 1.54) is 6.92 Å². The number of carboxylic acid groups (broad SMARTS) is 1. The molecule has 0 aliphatic rings. The van der Waals surface area contributed by atoms with Crippen LogP contribution in [-0.4, -0.2) is 28.4 Å². The van der Waals surface area contributed by atoms with Crippen molar-refractivity contribution in [3.63, 3.8) is 0 Å². The fraction of sp³-hybridized carbons (Fsp3) is 0.833. The number of rotatable bonds is 5. The quantitative estimate of drug-likeness (QED) is 0.601. The van der Waals surface area contributed by atoms with E-state index in [1.54, 1.807) is 0 Å². The zero-order valence-corrected chi connectivity index (χ0v) is 7.56. The van der Waals surface area contributed by atoms with E-state index in [4.69, 9.17) is 5.11 Å². The van der Waals surface area contributed by atoms with Gasteiger partial charge in [0.05, 0.1) is 18.6 Å². The Kier molecular flexibility index (Phi) is 4.57. The standard InChI is InChI=1S/C6H13O4P/c1-6(9,2-3-10-11)4-5(7)8/h9H,2-4,11H2,1H3,(H,7,8)/t6-/m1/s1. The van der Waals surface area contributed by atoms with Crippen LogP contribution in [0.1, 0.15) is 19.8 Å². The summed E-state index contributed by atoms with van der Waals surface area (Å²) in [5, 5.41) is 17.7. The molecule has 0 bridgehead atoms. The van der Waals surface area contributed by atoms with E-state index in [0.29, 0.717) is 13.0 Å². The second-order valence-corrected chi connectivity index (χ2v) is 3.02. The predicted octanol–water partition coefficient (Wildman–Crippen LogP) is 0.409. The second kappa shape index (κ2) is 4.65. The third kappa shape index (κ3) is 6.23. The Morgan fingerprint density at radius 3 is 2.64 bits per heavy atom. The lowest BCUT2D eigenvalue weighted by atomic mass is 9.99. The van der Waals surface area contributed by atoms with Crippen molar-refractivity contribution in [3.05, 3.63) is 0 Å². The lowest BCUT2D eigenvalue weighted by Crippen LogP contribution is -2.28. The first-order chi connectivity index (χ1) is 4.98. The van der Waals surface area contributed by atoms with Crippen LogP contribution in [0.5, 0.6) is 0 Å². The van der Waals surface area contributed by atoms with Gasteiger partial charge in [0.1, 0.15) is 0 Å². The lowest BCUT2D eigenvalue weighted by Gasteiger charge is -2.19. The molecule has 2 atom stereocenters. The number of hydrogen-bond acceptors (Lipinski definition) is 3. The molecule has 0 rings (SSSR count). The van der Waals surface area contributed by atoms with Gasteiger partial charge in [-0.15, -0.1) is 0 Å². The van der Waals surface area contributed by atoms with E-state index in [1.807, 2.05) is 9.47 Å². The molecule has 0 heterocycles. The van der Waals surface area contributed by atoms with Crippen LogP contribution >= 0.6 is 9.47 Å². The summed E-state index contributed by atoms with van der Waals surface area (Å²) in [6, 6.07) is 0. The van der Waals surface area contributed by atoms with Crippen molar-refractivity contribution in [2.75, 3.05) is 6.61 Å². The third-order valence-corrected chi connectivity index (χ3v) is 1.53. The van der Waals surface area contributed by atoms with E-state index in [2.05, 4.69) is 4.52 Å². The highest BCUT2D eigenvalue weighted by molar-refractivity contribution is 7.09. The number of carboxylic acids is 1. The fourth-order valence-corrected chi connectivity index (χ4v) is 0.811. The van der Waals surface area contributed by atoms with E-state index < -0.39 is 11.6 Å². The minimum absolute atomic E-state index is 0.249. The van der Waals surface area contributed by atoms with Crippen LogP contribution in [-0.2, 0) is 9.32 Å². The van der Waals surface area contributed by atoms with Crippen LogP contribution in [0.3, 0.4) is 0 Å². The summed E-state index contributed by atoms with van der Waals surface area (Å²) in [6.07, 6.45) is 0.0732. The van der Waals surface area contributed by atoms with Crippen molar-refractivity contribution in [1.29, 1.82) is 0 Å². The monoisotopic (exact) mass is 180 g/mol. The van der Waals surface area contributed by atoms with Crippen LogP contribution in [0.25, 0.3) is 0 Å². The van der Waals surface area contributed by atoms with Crippen molar-refractivity contribution >= 4 is 15.4 Å². The van der Waals surface area contributed by atoms with Crippen molar-refractivity contribution in [2.45, 2.75) is 25.4 Å². The minimum Gasteiger partial charge on any atom is -0.481 e. The van der Waals surface area contributed by atoms with E-state index in [-0.39, 0.29) is 6.42 Å². The average Bonchev–Trinajstić information content (AvgIpc) is 1.81. The van der Waals surface area contributed by atoms with Gasteiger partial charge in [-0.1, -0.05) is 0 Å². The molecule has 0 saturated heterocycles. The Labute approximate surface area is 67.8 Å². The van der Waals surface area contributed by atoms with Crippen LogP contribution in [0.2, 0.25) is 0 Å². The molecule has 11 heavy (non-hydrogen) atoms. The Bertz CT molecular complexity index is 135. The number of aliphatic carboxylic acids is 1. The maximum atomic E-state index is 10.2. The highest BCUT2D eigenvalue weighted by Crippen LogP contribution is 2.14. The molecular weight excluding hydrogens is 167 g/mol. The Hall–Kier alpha value is -0.180. The van der Waals surface area contributed by atoms with E-state index in [9.17, 15) is 9.90 Å². The first kappa shape index (κ1) is 10.8. The highest BCUT2D eigenvalue weighted by atomic mass is 31.0. The van der Waals surface area contributed by atoms with Gasteiger partial charge in [-0.25, -0.2) is 0 Å². The average molecular weight is 180 g/mol. The molecule has 0 radical (unpaired) electrons. The van der Waals surface area contributed by atoms with Gasteiger partial charge in [-0.2, -0.15) is 0 Å². The van der Waals surface area contributed by atoms with E-state index in [0.717, 1.165) is 0 Å². The molecule has 4 nitrogen and oxygen atoms in total. The number of carbonyl (C=O) groups is 1. The molecular formula is C6H13O4P. The lowest BCUT2D eigenvalue weighted by molar-refractivity contribution is -0.142. The minimum atomic E-state index is -1.16. The Morgan fingerprint density at radius 1 is 1.73 bits per heavy atom. The third-order valence-electron chi connectivity index (χ3n) is 1.29. The molecule has 0 saturated carbocycles. The molecule has 0 fully saturated rings. The van der Waals surface area contributed by atoms with Gasteiger partial charge < -0.3 is 14.7 Å². The summed E-state index contributed by atoms with van der Waals surface area (Å²) in [7, 11) is 2.04. The zero-order valence-electron chi connectivity index (χ0n) is 6.41. The SMILES string of the molecule is C[C@@](O)(CCOP)CC(=O)O. The van der Waals surface area contributed by atoms with E-state index >= 15 is 0 Å². The summed E-state index contributed by atoms with van der Waals surface area (Å²) in [5.74, 6) is -1.00. The Morgan fingerprint density at radius 2 is 2.27 bits per heavy atom. The van der Waals surface area contributed by atoms with Crippen molar-refractivity contribution in [2.24, 2.45) is 0 Å². The molecule has 0 amide bonds. The van der Waals surface area contributed by atoms with Gasteiger partial charge in [0.15, 0.2) is 0 Å². The summed E-state index contributed by atoms with van der Waals surface area (Å²) >= 11 is 0. The predicted molar refractivity (Wildman–Crippen MR) is 43.2 cm³/mol. The molecule has 0 aliphatic carbocycles. The fourth-order valence-electron chi connectivity index (χ4n) is 0.693. The first-order valence-electron chi connectivity index (χ1n) is 3.24. The molecule has 0 aromatic heterocycles. The molecule has 0 aliphatic heterocycles. The summed E-state index contributed by atoms with van der Waals surface area (Å²) in [6.45, 7) is 1.82. The first-order valence-corrected chi connectivity index (χ1v) is 3.71. The zero-order chi connectivity index (χ0) is 8.91. The van der Waals surface area contributed by atoms with Crippen LogP contribution in [0.4, 0.5) is 0 Å². The normalized spacial score (nSPS) is 15.9. The van der Waals surface area contributed by atoms with Crippen LogP contribution in [0.15, 0.2) is 0 Å². The topological polar surface area (TPSA) is 66.8 Å². The van der Waals surface area contributed by atoms with Gasteiger partial charge in [-0.05, 0) is 6.92 Å². The van der Waals surface area contributed by atoms with Gasteiger partial charge in [0.25, 0.3) is 0 Å². The molecule has 1 unspecified atom stereocenters. The number of hydrogen-bond donors (Lipinski definition) is 2. The summed E-state index contributed by atoms with van der Waals surface area (Å²) in [4.78, 5) is 10.2. The van der Waals surface area contributed by atoms with Crippen LogP contribution < -0.4 is 0 Å². The van der Waals surface area contributed by atoms with Crippen molar-refractivity contribution in [1.82, 2.24) is 0 Å². The van der Waals surface area contributed by atoms with Crippen molar-refractivity contribution in [3.8, 4) is 0 Å². The largest absolute Gasteiger partial charge is 0.481 e. The summed E-state index contributed by atoms with van der Waals surface area (Å²) in [5.41, 5.74) is -1.16. The van der Waals surface area contributed by atoms with Gasteiger partial charge in [0, 0.05) is 15.9 Å². The maximum Gasteiger partial charge on any atom is 0.306 e. The molecule has 2 N–H and O–H groups in total. The Balaban J connectivity index is 3.70. The molecule has 0 aromatic carbocycles. The van der Waals surface area contributed by atoms with Gasteiger partial charge in [-0.3, -0.25) is 4.79 Å². The highest BCUT2D eigenvalue weighted by Gasteiger charge is 2.23. The maximum absolute atomic E-state index is 10.2. The smallest absolute Gasteiger partial charge is 0.306 e. The number of aliphatic hydroxyl groups is 1. The van der Waals surface area contributed by atoms with Crippen molar-refractivity contribution < 1.29 is 19.5 Å². The summed E-state index contributed by atoms with van der Waals surface area (Å²) < 4.78 is 4.62. The van der Waals surface area contributed by atoms with Crippen LogP contribution in [0, 0.1) is 0 Å². The molecule has 66 valence electrons. The van der Waals surface area contributed by atoms with Gasteiger partial charge >= 0.3 is 5.97 Å². The molecule has 5 heteroatoms. The molecule has 0 aromatic rings. The molecule has 0 spiro atoms.